The van der Waals surface area contributed by atoms with Gasteiger partial charge < -0.3 is 5.73 Å². The minimum absolute atomic E-state index is 0.198. The number of hydrogen-bond acceptors (Lipinski definition) is 3. The summed E-state index contributed by atoms with van der Waals surface area (Å²) in [4.78, 5) is 12.4. The van der Waals surface area contributed by atoms with E-state index in [1.807, 2.05) is 0 Å². The standard InChI is InChI=1S/C11H8FNOS/c12-8-4-7(5-9(13)6-8)11(14)10-2-1-3-15-10/h1-6H,13H2. The topological polar surface area (TPSA) is 43.1 Å². The molecule has 0 bridgehead atoms. The monoisotopic (exact) mass is 221 g/mol. The first-order chi connectivity index (χ1) is 7.16. The zero-order chi connectivity index (χ0) is 10.8. The zero-order valence-corrected chi connectivity index (χ0v) is 8.55. The third kappa shape index (κ3) is 2.05. The van der Waals surface area contributed by atoms with Crippen LogP contribution in [0.25, 0.3) is 0 Å². The van der Waals surface area contributed by atoms with Gasteiger partial charge in [0.1, 0.15) is 5.82 Å². The zero-order valence-electron chi connectivity index (χ0n) is 7.74. The molecule has 2 rings (SSSR count). The van der Waals surface area contributed by atoms with E-state index in [0.717, 1.165) is 0 Å². The molecule has 0 aliphatic rings. The van der Waals surface area contributed by atoms with Gasteiger partial charge in [-0.1, -0.05) is 6.07 Å². The fourth-order valence-electron chi connectivity index (χ4n) is 1.29. The lowest BCUT2D eigenvalue weighted by molar-refractivity contribution is 0.104. The van der Waals surface area contributed by atoms with E-state index in [9.17, 15) is 9.18 Å². The molecule has 0 amide bonds. The van der Waals surface area contributed by atoms with Crippen molar-refractivity contribution in [1.29, 1.82) is 0 Å². The number of hydrogen-bond donors (Lipinski definition) is 1. The number of benzene rings is 1. The fourth-order valence-corrected chi connectivity index (χ4v) is 1.98. The van der Waals surface area contributed by atoms with E-state index in [-0.39, 0.29) is 17.0 Å². The molecule has 2 aromatic rings. The minimum atomic E-state index is -0.491. The second kappa shape index (κ2) is 3.82. The fraction of sp³-hybridized carbons (Fsp3) is 0. The van der Waals surface area contributed by atoms with Gasteiger partial charge in [0.05, 0.1) is 4.88 Å². The maximum absolute atomic E-state index is 13.0. The van der Waals surface area contributed by atoms with Gasteiger partial charge in [-0.2, -0.15) is 0 Å². The first-order valence-corrected chi connectivity index (χ1v) is 5.19. The number of ketones is 1. The molecule has 1 aromatic heterocycles. The Bertz CT molecular complexity index is 473. The molecular formula is C11H8FNOS. The average molecular weight is 221 g/mol. The number of carbonyl (C=O) groups is 1. The van der Waals surface area contributed by atoms with Gasteiger partial charge in [0.2, 0.25) is 5.78 Å². The number of thiophene rings is 1. The molecule has 4 heteroatoms. The van der Waals surface area contributed by atoms with Gasteiger partial charge in [-0.3, -0.25) is 4.79 Å². The second-order valence-electron chi connectivity index (χ2n) is 3.08. The number of nitrogen functional groups attached to an aromatic ring is 1. The van der Waals surface area contributed by atoms with Crippen molar-refractivity contribution >= 4 is 22.8 Å². The van der Waals surface area contributed by atoms with Crippen molar-refractivity contribution in [3.63, 3.8) is 0 Å². The SMILES string of the molecule is Nc1cc(F)cc(C(=O)c2cccs2)c1. The van der Waals surface area contributed by atoms with Crippen molar-refractivity contribution in [2.75, 3.05) is 5.73 Å². The summed E-state index contributed by atoms with van der Waals surface area (Å²) in [6.45, 7) is 0. The first kappa shape index (κ1) is 9.86. The lowest BCUT2D eigenvalue weighted by Crippen LogP contribution is -2.00. The van der Waals surface area contributed by atoms with Crippen molar-refractivity contribution in [2.24, 2.45) is 0 Å². The van der Waals surface area contributed by atoms with Crippen LogP contribution in [0.4, 0.5) is 10.1 Å². The lowest BCUT2D eigenvalue weighted by Gasteiger charge is -2.00. The van der Waals surface area contributed by atoms with E-state index in [4.69, 9.17) is 5.73 Å². The summed E-state index contributed by atoms with van der Waals surface area (Å²) in [5, 5.41) is 1.80. The summed E-state index contributed by atoms with van der Waals surface area (Å²) in [7, 11) is 0. The largest absolute Gasteiger partial charge is 0.399 e. The van der Waals surface area contributed by atoms with Crippen molar-refractivity contribution in [3.05, 3.63) is 52.0 Å². The molecular weight excluding hydrogens is 213 g/mol. The number of nitrogens with two attached hydrogens (primary N) is 1. The smallest absolute Gasteiger partial charge is 0.203 e. The Morgan fingerprint density at radius 2 is 2.13 bits per heavy atom. The van der Waals surface area contributed by atoms with Crippen molar-refractivity contribution in [1.82, 2.24) is 0 Å². The van der Waals surface area contributed by atoms with Crippen LogP contribution in [0.2, 0.25) is 0 Å². The summed E-state index contributed by atoms with van der Waals surface area (Å²) in [5.74, 6) is -0.689. The Labute approximate surface area is 90.2 Å². The molecule has 0 saturated heterocycles. The van der Waals surface area contributed by atoms with E-state index in [2.05, 4.69) is 0 Å². The van der Waals surface area contributed by atoms with Crippen LogP contribution in [0.3, 0.4) is 0 Å². The highest BCUT2D eigenvalue weighted by molar-refractivity contribution is 7.12. The number of anilines is 1. The molecule has 0 unspecified atom stereocenters. The molecule has 0 aliphatic carbocycles. The maximum atomic E-state index is 13.0. The van der Waals surface area contributed by atoms with Crippen LogP contribution in [0.15, 0.2) is 35.7 Å². The molecule has 0 fully saturated rings. The molecule has 0 aliphatic heterocycles. The van der Waals surface area contributed by atoms with Gasteiger partial charge in [-0.05, 0) is 29.6 Å². The first-order valence-electron chi connectivity index (χ1n) is 4.31. The number of rotatable bonds is 2. The Morgan fingerprint density at radius 3 is 2.73 bits per heavy atom. The highest BCUT2D eigenvalue weighted by Crippen LogP contribution is 2.18. The summed E-state index contributed by atoms with van der Waals surface area (Å²) >= 11 is 1.32. The summed E-state index contributed by atoms with van der Waals surface area (Å²) in [5.41, 5.74) is 6.01. The van der Waals surface area contributed by atoms with Gasteiger partial charge in [-0.15, -0.1) is 11.3 Å². The maximum Gasteiger partial charge on any atom is 0.203 e. The Balaban J connectivity index is 2.42. The van der Waals surface area contributed by atoms with Gasteiger partial charge in [0.15, 0.2) is 0 Å². The van der Waals surface area contributed by atoms with Crippen LogP contribution in [0, 0.1) is 5.82 Å². The van der Waals surface area contributed by atoms with Gasteiger partial charge in [0.25, 0.3) is 0 Å². The van der Waals surface area contributed by atoms with Crippen molar-refractivity contribution in [2.45, 2.75) is 0 Å². The Kier molecular flexibility index (Phi) is 2.51. The van der Waals surface area contributed by atoms with Crippen LogP contribution < -0.4 is 5.73 Å². The van der Waals surface area contributed by atoms with E-state index in [1.54, 1.807) is 17.5 Å². The highest BCUT2D eigenvalue weighted by Gasteiger charge is 2.11. The lowest BCUT2D eigenvalue weighted by atomic mass is 10.1. The predicted octanol–water partition coefficient (Wildman–Crippen LogP) is 2.70. The molecule has 76 valence electrons. The molecule has 0 spiro atoms. The summed E-state index contributed by atoms with van der Waals surface area (Å²) in [6, 6.07) is 7.34. The van der Waals surface area contributed by atoms with Crippen molar-refractivity contribution < 1.29 is 9.18 Å². The Morgan fingerprint density at radius 1 is 1.33 bits per heavy atom. The minimum Gasteiger partial charge on any atom is -0.399 e. The second-order valence-corrected chi connectivity index (χ2v) is 4.03. The van der Waals surface area contributed by atoms with Gasteiger partial charge in [0, 0.05) is 11.3 Å². The molecule has 1 heterocycles. The number of carbonyl (C=O) groups excluding carboxylic acids is 1. The molecule has 0 radical (unpaired) electrons. The summed E-state index contributed by atoms with van der Waals surface area (Å²) < 4.78 is 13.0. The third-order valence-electron chi connectivity index (χ3n) is 1.93. The van der Waals surface area contributed by atoms with Crippen LogP contribution in [-0.2, 0) is 0 Å². The van der Waals surface area contributed by atoms with E-state index >= 15 is 0 Å². The van der Waals surface area contributed by atoms with E-state index < -0.39 is 5.82 Å². The molecule has 2 nitrogen and oxygen atoms in total. The van der Waals surface area contributed by atoms with Crippen LogP contribution in [0.5, 0.6) is 0 Å². The molecule has 0 atom stereocenters. The van der Waals surface area contributed by atoms with E-state index in [1.165, 1.54) is 29.5 Å². The molecule has 1 aromatic carbocycles. The Hall–Kier alpha value is -1.68. The normalized spacial score (nSPS) is 10.2. The quantitative estimate of drug-likeness (QED) is 0.626. The van der Waals surface area contributed by atoms with Crippen molar-refractivity contribution in [3.8, 4) is 0 Å². The average Bonchev–Trinajstić information content (AvgIpc) is 2.67. The summed E-state index contributed by atoms with van der Waals surface area (Å²) in [6.07, 6.45) is 0. The third-order valence-corrected chi connectivity index (χ3v) is 2.80. The van der Waals surface area contributed by atoms with Gasteiger partial charge >= 0.3 is 0 Å². The highest BCUT2D eigenvalue weighted by atomic mass is 32.1. The van der Waals surface area contributed by atoms with Crippen LogP contribution in [0.1, 0.15) is 15.2 Å². The van der Waals surface area contributed by atoms with E-state index in [0.29, 0.717) is 4.88 Å². The predicted molar refractivity (Wildman–Crippen MR) is 58.6 cm³/mol. The molecule has 0 saturated carbocycles. The number of halogens is 1. The van der Waals surface area contributed by atoms with Crippen LogP contribution >= 0.6 is 11.3 Å². The van der Waals surface area contributed by atoms with Crippen LogP contribution in [-0.4, -0.2) is 5.78 Å². The molecule has 2 N–H and O–H groups in total. The van der Waals surface area contributed by atoms with Gasteiger partial charge in [-0.25, -0.2) is 4.39 Å². The molecule has 15 heavy (non-hydrogen) atoms.